The monoisotopic (exact) mass is 218 g/mol. The summed E-state index contributed by atoms with van der Waals surface area (Å²) in [4.78, 5) is 4.05. The normalized spacial score (nSPS) is 10.6. The highest BCUT2D eigenvalue weighted by Crippen LogP contribution is 2.22. The Hall–Kier alpha value is -0.510. The minimum atomic E-state index is 0.363. The standard InChI is InChI=1S/C7H11BrN2O/c1-5(2)10-6(8)4-9-7(10)11-3/h4-5H,1-3H3. The SMILES string of the molecule is COc1ncc(Br)n1C(C)C. The molecular formula is C7H11BrN2O. The van der Waals surface area contributed by atoms with Gasteiger partial charge in [0.2, 0.25) is 0 Å². The molecule has 1 aromatic rings. The molecule has 1 aromatic heterocycles. The second kappa shape index (κ2) is 3.26. The maximum atomic E-state index is 5.05. The van der Waals surface area contributed by atoms with Crippen LogP contribution in [0.2, 0.25) is 0 Å². The molecule has 62 valence electrons. The molecule has 1 heterocycles. The fourth-order valence-electron chi connectivity index (χ4n) is 0.943. The molecule has 1 rings (SSSR count). The Morgan fingerprint density at radius 1 is 1.64 bits per heavy atom. The highest BCUT2D eigenvalue weighted by Gasteiger charge is 2.09. The predicted molar refractivity (Wildman–Crippen MR) is 46.9 cm³/mol. The van der Waals surface area contributed by atoms with Crippen LogP contribution in [-0.2, 0) is 0 Å². The zero-order chi connectivity index (χ0) is 8.43. The van der Waals surface area contributed by atoms with Crippen LogP contribution in [0.15, 0.2) is 10.8 Å². The second-order valence-electron chi connectivity index (χ2n) is 2.53. The molecule has 0 aliphatic rings. The van der Waals surface area contributed by atoms with E-state index < -0.39 is 0 Å². The van der Waals surface area contributed by atoms with E-state index in [9.17, 15) is 0 Å². The van der Waals surface area contributed by atoms with Crippen molar-refractivity contribution in [2.75, 3.05) is 7.11 Å². The van der Waals surface area contributed by atoms with Crippen molar-refractivity contribution in [2.24, 2.45) is 0 Å². The van der Waals surface area contributed by atoms with Crippen molar-refractivity contribution in [1.82, 2.24) is 9.55 Å². The number of ether oxygens (including phenoxy) is 1. The molecule has 0 aliphatic carbocycles. The van der Waals surface area contributed by atoms with Gasteiger partial charge in [0.25, 0.3) is 6.01 Å². The Labute approximate surface area is 74.5 Å². The first-order valence-electron chi connectivity index (χ1n) is 3.43. The first kappa shape index (κ1) is 8.59. The summed E-state index contributed by atoms with van der Waals surface area (Å²) in [5.41, 5.74) is 0. The number of halogens is 1. The third-order valence-corrected chi connectivity index (χ3v) is 2.00. The van der Waals surface area contributed by atoms with Crippen LogP contribution < -0.4 is 4.74 Å². The van der Waals surface area contributed by atoms with Crippen molar-refractivity contribution in [2.45, 2.75) is 19.9 Å². The third-order valence-electron chi connectivity index (χ3n) is 1.42. The number of aromatic nitrogens is 2. The van der Waals surface area contributed by atoms with Crippen LogP contribution >= 0.6 is 15.9 Å². The third kappa shape index (κ3) is 1.56. The Morgan fingerprint density at radius 2 is 2.27 bits per heavy atom. The highest BCUT2D eigenvalue weighted by atomic mass is 79.9. The lowest BCUT2D eigenvalue weighted by atomic mass is 10.4. The van der Waals surface area contributed by atoms with Crippen LogP contribution in [0.25, 0.3) is 0 Å². The maximum absolute atomic E-state index is 5.05. The van der Waals surface area contributed by atoms with Crippen molar-refractivity contribution >= 4 is 15.9 Å². The van der Waals surface area contributed by atoms with E-state index >= 15 is 0 Å². The zero-order valence-electron chi connectivity index (χ0n) is 6.84. The summed E-state index contributed by atoms with van der Waals surface area (Å²) < 4.78 is 7.97. The second-order valence-corrected chi connectivity index (χ2v) is 3.34. The molecule has 0 amide bonds. The molecule has 0 N–H and O–H groups in total. The number of methoxy groups -OCH3 is 1. The molecule has 0 spiro atoms. The summed E-state index contributed by atoms with van der Waals surface area (Å²) in [6.07, 6.45) is 1.73. The molecule has 0 unspecified atom stereocenters. The van der Waals surface area contributed by atoms with Crippen molar-refractivity contribution in [3.63, 3.8) is 0 Å². The molecule has 0 aliphatic heterocycles. The van der Waals surface area contributed by atoms with E-state index in [-0.39, 0.29) is 0 Å². The summed E-state index contributed by atoms with van der Waals surface area (Å²) in [6, 6.07) is 1.01. The van der Waals surface area contributed by atoms with E-state index in [1.54, 1.807) is 13.3 Å². The van der Waals surface area contributed by atoms with Gasteiger partial charge in [-0.15, -0.1) is 0 Å². The van der Waals surface area contributed by atoms with Gasteiger partial charge < -0.3 is 4.74 Å². The molecule has 0 atom stereocenters. The van der Waals surface area contributed by atoms with E-state index in [4.69, 9.17) is 4.74 Å². The van der Waals surface area contributed by atoms with Gasteiger partial charge in [-0.2, -0.15) is 0 Å². The molecule has 3 nitrogen and oxygen atoms in total. The molecule has 0 radical (unpaired) electrons. The average Bonchev–Trinajstić information content (AvgIpc) is 2.30. The maximum Gasteiger partial charge on any atom is 0.297 e. The summed E-state index contributed by atoms with van der Waals surface area (Å²) >= 11 is 3.38. The molecule has 0 aromatic carbocycles. The van der Waals surface area contributed by atoms with E-state index in [0.717, 1.165) is 4.60 Å². The Balaban J connectivity index is 3.07. The fourth-order valence-corrected chi connectivity index (χ4v) is 1.61. The van der Waals surface area contributed by atoms with Crippen LogP contribution in [0, 0.1) is 0 Å². The van der Waals surface area contributed by atoms with Gasteiger partial charge in [-0.25, -0.2) is 4.98 Å². The number of hydrogen-bond acceptors (Lipinski definition) is 2. The van der Waals surface area contributed by atoms with E-state index in [2.05, 4.69) is 34.8 Å². The Morgan fingerprint density at radius 3 is 2.64 bits per heavy atom. The molecule has 0 bridgehead atoms. The smallest absolute Gasteiger partial charge is 0.297 e. The molecule has 4 heteroatoms. The molecule has 0 saturated carbocycles. The summed E-state index contributed by atoms with van der Waals surface area (Å²) in [5, 5.41) is 0. The van der Waals surface area contributed by atoms with Crippen LogP contribution in [-0.4, -0.2) is 16.7 Å². The van der Waals surface area contributed by atoms with Gasteiger partial charge in [-0.3, -0.25) is 4.57 Å². The lowest BCUT2D eigenvalue weighted by Gasteiger charge is -2.10. The minimum Gasteiger partial charge on any atom is -0.468 e. The number of nitrogens with zero attached hydrogens (tertiary/aromatic N) is 2. The zero-order valence-corrected chi connectivity index (χ0v) is 8.42. The van der Waals surface area contributed by atoms with Gasteiger partial charge in [-0.1, -0.05) is 0 Å². The summed E-state index contributed by atoms with van der Waals surface area (Å²) in [6.45, 7) is 4.16. The average molecular weight is 219 g/mol. The Bertz CT molecular complexity index is 245. The largest absolute Gasteiger partial charge is 0.468 e. The molecule has 11 heavy (non-hydrogen) atoms. The van der Waals surface area contributed by atoms with Crippen LogP contribution in [0.5, 0.6) is 6.01 Å². The minimum absolute atomic E-state index is 0.363. The number of hydrogen-bond donors (Lipinski definition) is 0. The van der Waals surface area contributed by atoms with Crippen LogP contribution in [0.1, 0.15) is 19.9 Å². The van der Waals surface area contributed by atoms with Crippen LogP contribution in [0.4, 0.5) is 0 Å². The topological polar surface area (TPSA) is 27.1 Å². The predicted octanol–water partition coefficient (Wildman–Crippen LogP) is 2.24. The fraction of sp³-hybridized carbons (Fsp3) is 0.571. The van der Waals surface area contributed by atoms with Crippen molar-refractivity contribution in [1.29, 1.82) is 0 Å². The molecule has 0 saturated heterocycles. The van der Waals surface area contributed by atoms with Crippen molar-refractivity contribution in [3.8, 4) is 6.01 Å². The van der Waals surface area contributed by atoms with Crippen molar-refractivity contribution < 1.29 is 4.74 Å². The summed E-state index contributed by atoms with van der Waals surface area (Å²) in [5.74, 6) is 0. The highest BCUT2D eigenvalue weighted by molar-refractivity contribution is 9.10. The van der Waals surface area contributed by atoms with Gasteiger partial charge in [-0.05, 0) is 29.8 Å². The summed E-state index contributed by atoms with van der Waals surface area (Å²) in [7, 11) is 1.62. The molecule has 0 fully saturated rings. The lowest BCUT2D eigenvalue weighted by Crippen LogP contribution is -2.03. The van der Waals surface area contributed by atoms with E-state index in [0.29, 0.717) is 12.1 Å². The van der Waals surface area contributed by atoms with Gasteiger partial charge in [0.15, 0.2) is 0 Å². The first-order valence-corrected chi connectivity index (χ1v) is 4.22. The number of imidazole rings is 1. The molecular weight excluding hydrogens is 208 g/mol. The van der Waals surface area contributed by atoms with E-state index in [1.807, 2.05) is 4.57 Å². The van der Waals surface area contributed by atoms with Gasteiger partial charge in [0.05, 0.1) is 13.3 Å². The van der Waals surface area contributed by atoms with E-state index in [1.165, 1.54) is 0 Å². The van der Waals surface area contributed by atoms with Crippen molar-refractivity contribution in [3.05, 3.63) is 10.8 Å². The van der Waals surface area contributed by atoms with Crippen LogP contribution in [0.3, 0.4) is 0 Å². The lowest BCUT2D eigenvalue weighted by molar-refractivity contribution is 0.344. The first-order chi connectivity index (χ1) is 5.16. The van der Waals surface area contributed by atoms with Gasteiger partial charge >= 0.3 is 0 Å². The van der Waals surface area contributed by atoms with Gasteiger partial charge in [0.1, 0.15) is 4.60 Å². The number of rotatable bonds is 2. The quantitative estimate of drug-likeness (QED) is 0.762. The van der Waals surface area contributed by atoms with Gasteiger partial charge in [0, 0.05) is 6.04 Å². The Kier molecular flexibility index (Phi) is 2.54.